The van der Waals surface area contributed by atoms with E-state index in [4.69, 9.17) is 0 Å². The average molecular weight is 442 g/mol. The van der Waals surface area contributed by atoms with Crippen LogP contribution in [0.2, 0.25) is 0 Å². The van der Waals surface area contributed by atoms with Gasteiger partial charge >= 0.3 is 0 Å². The van der Waals surface area contributed by atoms with Crippen LogP contribution in [-0.4, -0.2) is 4.40 Å². The van der Waals surface area contributed by atoms with E-state index in [1.54, 1.807) is 0 Å². The number of fused-ring (bicyclic) bond motifs is 7. The maximum Gasteiger partial charge on any atom is 0.224 e. The summed E-state index contributed by atoms with van der Waals surface area (Å²) in [5, 5.41) is 9.48. The summed E-state index contributed by atoms with van der Waals surface area (Å²) in [6.45, 7) is 11.5. The van der Waals surface area contributed by atoms with Crippen molar-refractivity contribution in [1.82, 2.24) is 4.40 Å². The molecule has 0 fully saturated rings. The first kappa shape index (κ1) is 19.8. The number of benzene rings is 4. The topological polar surface area (TPSA) is 8.29 Å². The number of hydrogen-bond donors (Lipinski definition) is 0. The molecule has 7 aromatic rings. The number of nitrogens with zero attached hydrogens (tertiary/aromatic N) is 2. The maximum atomic E-state index is 2.62. The summed E-state index contributed by atoms with van der Waals surface area (Å²) in [7, 11) is 2.20. The van der Waals surface area contributed by atoms with Crippen molar-refractivity contribution < 1.29 is 4.57 Å². The van der Waals surface area contributed by atoms with Crippen LogP contribution in [0.5, 0.6) is 0 Å². The summed E-state index contributed by atoms with van der Waals surface area (Å²) in [5.41, 5.74) is 10.9. The Morgan fingerprint density at radius 3 is 2.26 bits per heavy atom. The van der Waals surface area contributed by atoms with Crippen LogP contribution in [0.25, 0.3) is 59.8 Å². The van der Waals surface area contributed by atoms with Gasteiger partial charge in [0.15, 0.2) is 6.20 Å². The average Bonchev–Trinajstić information content (AvgIpc) is 3.17. The lowest BCUT2D eigenvalue weighted by atomic mass is 9.92. The van der Waals surface area contributed by atoms with E-state index < -0.39 is 0 Å². The fourth-order valence-corrected chi connectivity index (χ4v) is 6.51. The molecule has 0 amide bonds. The van der Waals surface area contributed by atoms with Crippen LogP contribution >= 0.6 is 0 Å². The minimum atomic E-state index is 0.445. The van der Waals surface area contributed by atoms with E-state index in [9.17, 15) is 0 Å². The highest BCUT2D eigenvalue weighted by Crippen LogP contribution is 2.45. The molecule has 7 rings (SSSR count). The van der Waals surface area contributed by atoms with E-state index in [0.717, 1.165) is 0 Å². The molecule has 0 bridgehead atoms. The number of rotatable bonds is 1. The number of pyridine rings is 2. The Kier molecular flexibility index (Phi) is 3.77. The Bertz CT molecular complexity index is 1970. The Labute approximate surface area is 199 Å². The predicted molar refractivity (Wildman–Crippen MR) is 146 cm³/mol. The van der Waals surface area contributed by atoms with Crippen molar-refractivity contribution in [3.05, 3.63) is 83.0 Å². The van der Waals surface area contributed by atoms with Crippen molar-refractivity contribution >= 4 is 59.8 Å². The molecule has 0 aliphatic carbocycles. The van der Waals surface area contributed by atoms with Crippen molar-refractivity contribution in [3.63, 3.8) is 0 Å². The van der Waals surface area contributed by atoms with Crippen LogP contribution in [0, 0.1) is 20.8 Å². The van der Waals surface area contributed by atoms with Gasteiger partial charge in [-0.2, -0.15) is 0 Å². The summed E-state index contributed by atoms with van der Waals surface area (Å²) < 4.78 is 4.95. The van der Waals surface area contributed by atoms with Crippen LogP contribution < -0.4 is 4.57 Å². The molecule has 0 spiro atoms. The molecule has 3 aromatic heterocycles. The molecule has 0 aliphatic rings. The number of aromatic nitrogens is 2. The summed E-state index contributed by atoms with van der Waals surface area (Å²) in [6, 6.07) is 20.7. The zero-order valence-corrected chi connectivity index (χ0v) is 20.7. The van der Waals surface area contributed by atoms with Crippen LogP contribution in [0.3, 0.4) is 0 Å². The monoisotopic (exact) mass is 441 g/mol. The number of hydrogen-bond acceptors (Lipinski definition) is 0. The van der Waals surface area contributed by atoms with Crippen LogP contribution in [0.4, 0.5) is 0 Å². The molecule has 2 heteroatoms. The zero-order valence-electron chi connectivity index (χ0n) is 20.7. The minimum absolute atomic E-state index is 0.445. The summed E-state index contributed by atoms with van der Waals surface area (Å²) in [6.07, 6.45) is 2.22. The predicted octanol–water partition coefficient (Wildman–Crippen LogP) is 8.02. The highest BCUT2D eigenvalue weighted by atomic mass is 15.0. The van der Waals surface area contributed by atoms with Gasteiger partial charge in [0.05, 0.1) is 27.3 Å². The van der Waals surface area contributed by atoms with E-state index >= 15 is 0 Å². The van der Waals surface area contributed by atoms with E-state index in [-0.39, 0.29) is 0 Å². The third-order valence-electron chi connectivity index (χ3n) is 8.11. The largest absolute Gasteiger partial charge is 0.307 e. The van der Waals surface area contributed by atoms with Gasteiger partial charge in [0.25, 0.3) is 0 Å². The van der Waals surface area contributed by atoms with Gasteiger partial charge in [0, 0.05) is 16.8 Å². The molecule has 4 aromatic carbocycles. The van der Waals surface area contributed by atoms with Crippen LogP contribution in [-0.2, 0) is 7.05 Å². The van der Waals surface area contributed by atoms with Gasteiger partial charge in [0.2, 0.25) is 5.52 Å². The van der Waals surface area contributed by atoms with Crippen LogP contribution in [0.1, 0.15) is 42.0 Å². The van der Waals surface area contributed by atoms with E-state index in [0.29, 0.717) is 5.92 Å². The standard InChI is InChI=1S/C32H29N2/c1-17(2)22-8-7-9-24-25-13-11-21-14-15-33(6)32-27-19(4)23-12-10-18(3)16-26(23)20(5)29(27)34(30(22)24)31(25)28(21)32/h7-17H,1-6H3/q+1. The Balaban J connectivity index is 1.98. The first-order valence-electron chi connectivity index (χ1n) is 12.3. The normalized spacial score (nSPS) is 12.7. The van der Waals surface area contributed by atoms with E-state index in [1.807, 2.05) is 0 Å². The summed E-state index contributed by atoms with van der Waals surface area (Å²) >= 11 is 0. The molecule has 0 saturated heterocycles. The maximum absolute atomic E-state index is 2.62. The third kappa shape index (κ3) is 2.24. The summed E-state index contributed by atoms with van der Waals surface area (Å²) in [5.74, 6) is 0.445. The van der Waals surface area contributed by atoms with Crippen molar-refractivity contribution in [2.75, 3.05) is 0 Å². The second-order valence-electron chi connectivity index (χ2n) is 10.5. The lowest BCUT2D eigenvalue weighted by molar-refractivity contribution is -0.643. The molecule has 0 saturated carbocycles. The lowest BCUT2D eigenvalue weighted by Gasteiger charge is -2.18. The Hall–Kier alpha value is -3.65. The molecule has 166 valence electrons. The third-order valence-corrected chi connectivity index (χ3v) is 8.11. The molecule has 3 heterocycles. The molecule has 0 unspecified atom stereocenters. The van der Waals surface area contributed by atoms with Crippen molar-refractivity contribution in [2.24, 2.45) is 7.05 Å². The van der Waals surface area contributed by atoms with Gasteiger partial charge in [-0.05, 0) is 59.5 Å². The number of aryl methyl sites for hydroxylation is 4. The second kappa shape index (κ2) is 6.48. The fraction of sp³-hybridized carbons (Fsp3) is 0.219. The fourth-order valence-electron chi connectivity index (χ4n) is 6.51. The molecule has 0 aliphatic heterocycles. The van der Waals surface area contributed by atoms with Gasteiger partial charge in [-0.1, -0.05) is 67.9 Å². The second-order valence-corrected chi connectivity index (χ2v) is 10.5. The highest BCUT2D eigenvalue weighted by molar-refractivity contribution is 6.29. The van der Waals surface area contributed by atoms with Gasteiger partial charge < -0.3 is 4.40 Å². The van der Waals surface area contributed by atoms with E-state index in [2.05, 4.69) is 111 Å². The van der Waals surface area contributed by atoms with Crippen molar-refractivity contribution in [1.29, 1.82) is 0 Å². The van der Waals surface area contributed by atoms with Gasteiger partial charge in [-0.15, -0.1) is 0 Å². The Morgan fingerprint density at radius 2 is 1.47 bits per heavy atom. The minimum Gasteiger partial charge on any atom is -0.307 e. The highest BCUT2D eigenvalue weighted by Gasteiger charge is 2.27. The van der Waals surface area contributed by atoms with Crippen molar-refractivity contribution in [2.45, 2.75) is 40.5 Å². The van der Waals surface area contributed by atoms with Gasteiger partial charge in [0.1, 0.15) is 7.05 Å². The Morgan fingerprint density at radius 1 is 0.706 bits per heavy atom. The molecule has 0 N–H and O–H groups in total. The van der Waals surface area contributed by atoms with E-state index in [1.165, 1.54) is 82.0 Å². The first-order valence-corrected chi connectivity index (χ1v) is 12.3. The molecule has 2 nitrogen and oxygen atoms in total. The molecule has 0 radical (unpaired) electrons. The first-order chi connectivity index (χ1) is 16.4. The molecule has 34 heavy (non-hydrogen) atoms. The summed E-state index contributed by atoms with van der Waals surface area (Å²) in [4.78, 5) is 0. The quantitative estimate of drug-likeness (QED) is 0.138. The SMILES string of the molecule is Cc1ccc2c(C)c3c(c(C)c2c1)n1c2c(C(C)C)cccc2c2ccc4cc[n+](C)c3c4c21. The molecular formula is C32H29N2+. The van der Waals surface area contributed by atoms with Gasteiger partial charge in [-0.3, -0.25) is 0 Å². The van der Waals surface area contributed by atoms with Gasteiger partial charge in [-0.25, -0.2) is 4.57 Å². The zero-order chi connectivity index (χ0) is 23.5. The number of para-hydroxylation sites is 1. The lowest BCUT2D eigenvalue weighted by Crippen LogP contribution is -2.29. The molecule has 0 atom stereocenters. The smallest absolute Gasteiger partial charge is 0.224 e. The van der Waals surface area contributed by atoms with Crippen molar-refractivity contribution in [3.8, 4) is 0 Å². The van der Waals surface area contributed by atoms with Crippen LogP contribution in [0.15, 0.2) is 60.8 Å². The molecular weight excluding hydrogens is 412 g/mol.